The molecule has 1 amide bonds. The van der Waals surface area contributed by atoms with Crippen LogP contribution in [-0.4, -0.2) is 66.3 Å². The van der Waals surface area contributed by atoms with Gasteiger partial charge in [0, 0.05) is 42.8 Å². The van der Waals surface area contributed by atoms with Crippen LogP contribution in [0.3, 0.4) is 0 Å². The van der Waals surface area contributed by atoms with E-state index in [-0.39, 0.29) is 30.7 Å². The normalized spacial score (nSPS) is 22.0. The summed E-state index contributed by atoms with van der Waals surface area (Å²) >= 11 is 1.40. The van der Waals surface area contributed by atoms with E-state index in [1.54, 1.807) is 17.0 Å². The van der Waals surface area contributed by atoms with Crippen LogP contribution in [0.4, 0.5) is 8.78 Å². The molecule has 2 heterocycles. The summed E-state index contributed by atoms with van der Waals surface area (Å²) in [6.07, 6.45) is 1.93. The first-order valence-electron chi connectivity index (χ1n) is 14.7. The summed E-state index contributed by atoms with van der Waals surface area (Å²) in [5.41, 5.74) is 2.22. The number of halogens is 2. The number of hydrogen-bond donors (Lipinski definition) is 2. The quantitative estimate of drug-likeness (QED) is 0.266. The van der Waals surface area contributed by atoms with Crippen molar-refractivity contribution >= 4 is 34.4 Å². The van der Waals surface area contributed by atoms with Crippen LogP contribution in [0.25, 0.3) is 11.0 Å². The van der Waals surface area contributed by atoms with Gasteiger partial charge in [-0.1, -0.05) is 76.4 Å². The number of carbonyl (C=O) groups excluding carboxylic acids is 1. The molecule has 2 aliphatic rings. The van der Waals surface area contributed by atoms with E-state index in [4.69, 9.17) is 4.74 Å². The van der Waals surface area contributed by atoms with E-state index in [0.29, 0.717) is 42.2 Å². The molecule has 2 aliphatic heterocycles. The SMILES string of the molecule is C=Cc1ccc(F)cc1C(=C)SC(Cc1ccccc1)C(=N)C(N(CC1CNCC1F)C(=O)C1CCCO1)C(C)(C)C. The fourth-order valence-electron chi connectivity index (χ4n) is 5.92. The van der Waals surface area contributed by atoms with Gasteiger partial charge in [-0.2, -0.15) is 0 Å². The second-order valence-corrected chi connectivity index (χ2v) is 13.6. The molecule has 5 unspecified atom stereocenters. The molecule has 0 bridgehead atoms. The predicted molar refractivity (Wildman–Crippen MR) is 170 cm³/mol. The fraction of sp³-hybridized carbons (Fsp3) is 0.471. The highest BCUT2D eigenvalue weighted by atomic mass is 32.2. The lowest BCUT2D eigenvalue weighted by Gasteiger charge is -2.44. The highest BCUT2D eigenvalue weighted by Crippen LogP contribution is 2.38. The van der Waals surface area contributed by atoms with E-state index >= 15 is 0 Å². The number of amides is 1. The number of hydrogen-bond acceptors (Lipinski definition) is 5. The van der Waals surface area contributed by atoms with Crippen LogP contribution in [0.1, 0.15) is 50.3 Å². The summed E-state index contributed by atoms with van der Waals surface area (Å²) in [7, 11) is 0. The molecule has 8 heteroatoms. The largest absolute Gasteiger partial charge is 0.368 e. The fourth-order valence-corrected chi connectivity index (χ4v) is 7.10. The molecule has 0 aliphatic carbocycles. The van der Waals surface area contributed by atoms with Gasteiger partial charge in [0.1, 0.15) is 18.1 Å². The number of alkyl halides is 1. The molecule has 0 aromatic heterocycles. The molecule has 0 saturated carbocycles. The van der Waals surface area contributed by atoms with E-state index < -0.39 is 29.0 Å². The van der Waals surface area contributed by atoms with Crippen molar-refractivity contribution in [2.24, 2.45) is 11.3 Å². The summed E-state index contributed by atoms with van der Waals surface area (Å²) in [6.45, 7) is 15.7. The molecule has 0 radical (unpaired) electrons. The highest BCUT2D eigenvalue weighted by molar-refractivity contribution is 8.09. The predicted octanol–water partition coefficient (Wildman–Crippen LogP) is 6.78. The Kier molecular flexibility index (Phi) is 10.8. The van der Waals surface area contributed by atoms with Gasteiger partial charge in [0.15, 0.2) is 0 Å². The average Bonchev–Trinajstić information content (AvgIpc) is 3.64. The molecular formula is C34H43F2N3O2S. The zero-order valence-corrected chi connectivity index (χ0v) is 25.7. The molecule has 0 spiro atoms. The first kappa shape index (κ1) is 32.1. The number of nitrogens with zero attached hydrogens (tertiary/aromatic N) is 1. The first-order chi connectivity index (χ1) is 20.0. The standard InChI is InChI=1S/C34H43F2N3O2S/c1-6-24-14-15-26(35)18-27(24)22(2)42-30(17-23-11-8-7-9-12-23)31(37)32(34(3,4)5)39(21-25-19-38-20-28(25)36)33(40)29-13-10-16-41-29/h6-9,11-12,14-15,18,25,28-30,32,37-38H,1-2,10,13,16-17,19-21H2,3-5H3. The number of ether oxygens (including phenoxy) is 1. The second kappa shape index (κ2) is 14.1. The Morgan fingerprint density at radius 3 is 2.57 bits per heavy atom. The third-order valence-electron chi connectivity index (χ3n) is 8.03. The van der Waals surface area contributed by atoms with Gasteiger partial charge >= 0.3 is 0 Å². The van der Waals surface area contributed by atoms with Crippen LogP contribution in [0.15, 0.2) is 61.7 Å². The van der Waals surface area contributed by atoms with Crippen LogP contribution in [0, 0.1) is 22.6 Å². The minimum Gasteiger partial charge on any atom is -0.368 e. The average molecular weight is 596 g/mol. The monoisotopic (exact) mass is 595 g/mol. The van der Waals surface area contributed by atoms with Crippen LogP contribution < -0.4 is 5.32 Å². The minimum absolute atomic E-state index is 0.183. The lowest BCUT2D eigenvalue weighted by atomic mass is 9.80. The van der Waals surface area contributed by atoms with Crippen molar-refractivity contribution in [1.29, 1.82) is 5.41 Å². The topological polar surface area (TPSA) is 65.4 Å². The zero-order chi connectivity index (χ0) is 30.4. The van der Waals surface area contributed by atoms with Gasteiger partial charge in [0.05, 0.1) is 11.3 Å². The lowest BCUT2D eigenvalue weighted by Crippen LogP contribution is -2.58. The zero-order valence-electron chi connectivity index (χ0n) is 24.9. The van der Waals surface area contributed by atoms with Crippen molar-refractivity contribution < 1.29 is 18.3 Å². The molecule has 2 aromatic rings. The molecule has 2 fully saturated rings. The summed E-state index contributed by atoms with van der Waals surface area (Å²) in [6, 6.07) is 13.8. The Balaban J connectivity index is 1.73. The highest BCUT2D eigenvalue weighted by Gasteiger charge is 2.44. The van der Waals surface area contributed by atoms with E-state index in [2.05, 4.69) is 18.5 Å². The Labute approximate surface area is 253 Å². The number of nitrogens with one attached hydrogen (secondary N) is 2. The van der Waals surface area contributed by atoms with Gasteiger partial charge < -0.3 is 20.4 Å². The number of carbonyl (C=O) groups is 1. The number of benzene rings is 2. The van der Waals surface area contributed by atoms with Crippen molar-refractivity contribution in [2.75, 3.05) is 26.2 Å². The summed E-state index contributed by atoms with van der Waals surface area (Å²) in [5.74, 6) is -0.929. The summed E-state index contributed by atoms with van der Waals surface area (Å²) < 4.78 is 35.1. The molecule has 2 aromatic carbocycles. The van der Waals surface area contributed by atoms with Gasteiger partial charge in [-0.3, -0.25) is 4.79 Å². The molecule has 5 atom stereocenters. The first-order valence-corrected chi connectivity index (χ1v) is 15.5. The maximum Gasteiger partial charge on any atom is 0.252 e. The van der Waals surface area contributed by atoms with Crippen molar-refractivity contribution in [1.82, 2.24) is 10.2 Å². The number of rotatable bonds is 12. The van der Waals surface area contributed by atoms with Crippen LogP contribution in [0.5, 0.6) is 0 Å². The third kappa shape index (κ3) is 7.77. The van der Waals surface area contributed by atoms with Gasteiger partial charge in [-0.25, -0.2) is 8.78 Å². The van der Waals surface area contributed by atoms with Crippen molar-refractivity contribution in [3.05, 3.63) is 84.2 Å². The van der Waals surface area contributed by atoms with Gasteiger partial charge in [0.2, 0.25) is 0 Å². The molecule has 226 valence electrons. The Morgan fingerprint density at radius 2 is 1.98 bits per heavy atom. The third-order valence-corrected chi connectivity index (χ3v) is 9.24. The molecule has 2 N–H and O–H groups in total. The smallest absolute Gasteiger partial charge is 0.252 e. The van der Waals surface area contributed by atoms with Gasteiger partial charge in [-0.05, 0) is 53.5 Å². The van der Waals surface area contributed by atoms with E-state index in [9.17, 15) is 19.0 Å². The Morgan fingerprint density at radius 1 is 1.24 bits per heavy atom. The molecule has 4 rings (SSSR count). The Hall–Kier alpha value is -2.81. The minimum atomic E-state index is -1.07. The van der Waals surface area contributed by atoms with E-state index in [1.807, 2.05) is 51.1 Å². The summed E-state index contributed by atoms with van der Waals surface area (Å²) in [4.78, 5) is 16.4. The number of thioether (sulfide) groups is 1. The molecule has 5 nitrogen and oxygen atoms in total. The van der Waals surface area contributed by atoms with E-state index in [0.717, 1.165) is 17.5 Å². The molecular weight excluding hydrogens is 552 g/mol. The van der Waals surface area contributed by atoms with E-state index in [1.165, 1.54) is 23.9 Å². The van der Waals surface area contributed by atoms with Crippen molar-refractivity contribution in [2.45, 2.75) is 63.6 Å². The lowest BCUT2D eigenvalue weighted by molar-refractivity contribution is -0.144. The van der Waals surface area contributed by atoms with Crippen molar-refractivity contribution in [3.63, 3.8) is 0 Å². The van der Waals surface area contributed by atoms with Crippen LogP contribution in [-0.2, 0) is 16.0 Å². The molecule has 2 saturated heterocycles. The Bertz CT molecular complexity index is 1270. The van der Waals surface area contributed by atoms with Gasteiger partial charge in [0.25, 0.3) is 5.91 Å². The second-order valence-electron chi connectivity index (χ2n) is 12.3. The van der Waals surface area contributed by atoms with Crippen LogP contribution in [0.2, 0.25) is 0 Å². The van der Waals surface area contributed by atoms with Crippen molar-refractivity contribution in [3.8, 4) is 0 Å². The summed E-state index contributed by atoms with van der Waals surface area (Å²) in [5, 5.41) is 12.4. The van der Waals surface area contributed by atoms with Gasteiger partial charge in [-0.15, -0.1) is 11.8 Å². The molecule has 42 heavy (non-hydrogen) atoms. The maximum absolute atomic E-state index is 14.9. The maximum atomic E-state index is 14.9. The van der Waals surface area contributed by atoms with Crippen LogP contribution >= 0.6 is 11.8 Å².